The summed E-state index contributed by atoms with van der Waals surface area (Å²) in [6.45, 7) is 5.86. The second kappa shape index (κ2) is 9.87. The van der Waals surface area contributed by atoms with Gasteiger partial charge in [-0.3, -0.25) is 9.36 Å². The minimum atomic E-state index is -0.773. The number of esters is 1. The van der Waals surface area contributed by atoms with Crippen LogP contribution < -0.4 is 19.6 Å². The predicted octanol–water partition coefficient (Wildman–Crippen LogP) is 3.56. The van der Waals surface area contributed by atoms with Gasteiger partial charge in [-0.05, 0) is 56.2 Å². The Morgan fingerprint density at radius 3 is 2.71 bits per heavy atom. The summed E-state index contributed by atoms with van der Waals surface area (Å²) in [6, 6.07) is 11.2. The Morgan fingerprint density at radius 1 is 1.24 bits per heavy atom. The van der Waals surface area contributed by atoms with E-state index in [-0.39, 0.29) is 23.5 Å². The molecule has 7 nitrogen and oxygen atoms in total. The third-order valence-electron chi connectivity index (χ3n) is 5.30. The third-order valence-corrected chi connectivity index (χ3v) is 6.63. The van der Waals surface area contributed by atoms with Crippen molar-refractivity contribution in [3.8, 4) is 11.5 Å². The van der Waals surface area contributed by atoms with E-state index in [1.54, 1.807) is 56.3 Å². The fourth-order valence-corrected chi connectivity index (χ4v) is 5.11. The summed E-state index contributed by atoms with van der Waals surface area (Å²) in [6.07, 6.45) is 1.71. The molecule has 0 radical (unpaired) electrons. The van der Waals surface area contributed by atoms with Gasteiger partial charge >= 0.3 is 5.97 Å². The molecule has 1 aliphatic rings. The van der Waals surface area contributed by atoms with Gasteiger partial charge in [0.15, 0.2) is 16.3 Å². The van der Waals surface area contributed by atoms with Crippen LogP contribution in [0, 0.1) is 0 Å². The SMILES string of the molecule is CCOC(=O)C1=C(C)N=c2sc(=Cc3ccc(O)c(OCC)c3)c(=O)n2[C@H]1c1ccccc1Cl. The number of ether oxygens (including phenoxy) is 2. The lowest BCUT2D eigenvalue weighted by Crippen LogP contribution is -2.40. The number of thiazole rings is 1. The van der Waals surface area contributed by atoms with Crippen LogP contribution in [-0.4, -0.2) is 28.9 Å². The van der Waals surface area contributed by atoms with Crippen LogP contribution in [0.5, 0.6) is 11.5 Å². The van der Waals surface area contributed by atoms with E-state index >= 15 is 0 Å². The molecule has 34 heavy (non-hydrogen) atoms. The highest BCUT2D eigenvalue weighted by molar-refractivity contribution is 7.07. The van der Waals surface area contributed by atoms with E-state index in [4.69, 9.17) is 21.1 Å². The number of carbonyl (C=O) groups excluding carboxylic acids is 1. The van der Waals surface area contributed by atoms with Crippen molar-refractivity contribution < 1.29 is 19.4 Å². The fourth-order valence-electron chi connectivity index (χ4n) is 3.83. The molecule has 0 saturated carbocycles. The van der Waals surface area contributed by atoms with Crippen molar-refractivity contribution in [3.63, 3.8) is 0 Å². The molecule has 9 heteroatoms. The van der Waals surface area contributed by atoms with Crippen molar-refractivity contribution in [2.75, 3.05) is 13.2 Å². The van der Waals surface area contributed by atoms with E-state index in [0.717, 1.165) is 0 Å². The van der Waals surface area contributed by atoms with Gasteiger partial charge < -0.3 is 14.6 Å². The van der Waals surface area contributed by atoms with Gasteiger partial charge in [0.25, 0.3) is 5.56 Å². The van der Waals surface area contributed by atoms with Crippen LogP contribution >= 0.6 is 22.9 Å². The summed E-state index contributed by atoms with van der Waals surface area (Å²) < 4.78 is 12.6. The molecule has 0 unspecified atom stereocenters. The summed E-state index contributed by atoms with van der Waals surface area (Å²) >= 11 is 7.72. The number of phenolic OH excluding ortho intramolecular Hbond substituents is 1. The topological polar surface area (TPSA) is 90.1 Å². The molecule has 0 saturated heterocycles. The standard InChI is InChI=1S/C25H23ClN2O5S/c1-4-32-19-12-15(10-11-18(19)29)13-20-23(30)28-22(16-8-6-7-9-17(16)26)21(24(31)33-5-2)14(3)27-25(28)34-20/h6-13,22,29H,4-5H2,1-3H3/t22-/m0/s1. The maximum atomic E-state index is 13.6. The normalized spacial score (nSPS) is 15.6. The number of carbonyl (C=O) groups is 1. The smallest absolute Gasteiger partial charge is 0.338 e. The Morgan fingerprint density at radius 2 is 2.00 bits per heavy atom. The molecule has 1 atom stereocenters. The molecule has 1 aromatic heterocycles. The minimum absolute atomic E-state index is 0.0221. The molecule has 2 heterocycles. The van der Waals surface area contributed by atoms with Crippen LogP contribution in [-0.2, 0) is 9.53 Å². The highest BCUT2D eigenvalue weighted by Crippen LogP contribution is 2.34. The molecule has 0 spiro atoms. The zero-order valence-electron chi connectivity index (χ0n) is 18.9. The van der Waals surface area contributed by atoms with Gasteiger partial charge in [0, 0.05) is 5.02 Å². The van der Waals surface area contributed by atoms with E-state index in [2.05, 4.69) is 4.99 Å². The summed E-state index contributed by atoms with van der Waals surface area (Å²) in [5, 5.41) is 10.4. The predicted molar refractivity (Wildman–Crippen MR) is 131 cm³/mol. The van der Waals surface area contributed by atoms with Crippen molar-refractivity contribution >= 4 is 35.0 Å². The monoisotopic (exact) mass is 498 g/mol. The lowest BCUT2D eigenvalue weighted by Gasteiger charge is -2.25. The lowest BCUT2D eigenvalue weighted by atomic mass is 9.96. The van der Waals surface area contributed by atoms with Gasteiger partial charge in [-0.25, -0.2) is 9.79 Å². The number of allylic oxidation sites excluding steroid dienone is 1. The van der Waals surface area contributed by atoms with Gasteiger partial charge in [0.05, 0.1) is 29.0 Å². The second-order valence-electron chi connectivity index (χ2n) is 7.48. The van der Waals surface area contributed by atoms with E-state index in [1.807, 2.05) is 6.92 Å². The Hall–Kier alpha value is -3.36. The van der Waals surface area contributed by atoms with Crippen molar-refractivity contribution in [1.29, 1.82) is 0 Å². The van der Waals surface area contributed by atoms with Crippen LogP contribution in [0.15, 0.2) is 63.5 Å². The molecule has 0 aliphatic carbocycles. The van der Waals surface area contributed by atoms with Crippen LogP contribution in [0.25, 0.3) is 6.08 Å². The van der Waals surface area contributed by atoms with Gasteiger partial charge in [0.2, 0.25) is 0 Å². The van der Waals surface area contributed by atoms with Gasteiger partial charge in [-0.1, -0.05) is 47.2 Å². The first kappa shape index (κ1) is 23.8. The third kappa shape index (κ3) is 4.38. The quantitative estimate of drug-likeness (QED) is 0.525. The zero-order valence-corrected chi connectivity index (χ0v) is 20.4. The number of nitrogens with zero attached hydrogens (tertiary/aromatic N) is 2. The van der Waals surface area contributed by atoms with Gasteiger partial charge in [-0.15, -0.1) is 0 Å². The minimum Gasteiger partial charge on any atom is -0.504 e. The number of phenols is 1. The summed E-state index contributed by atoms with van der Waals surface area (Å²) in [5.41, 5.74) is 1.73. The van der Waals surface area contributed by atoms with E-state index in [1.165, 1.54) is 22.0 Å². The highest BCUT2D eigenvalue weighted by Gasteiger charge is 2.34. The van der Waals surface area contributed by atoms with Crippen LogP contribution in [0.3, 0.4) is 0 Å². The summed E-state index contributed by atoms with van der Waals surface area (Å²) in [5.74, 6) is -0.185. The number of aromatic hydroxyl groups is 1. The Balaban J connectivity index is 1.94. The van der Waals surface area contributed by atoms with Crippen LogP contribution in [0.1, 0.15) is 37.9 Å². The number of rotatable bonds is 6. The van der Waals surface area contributed by atoms with E-state index < -0.39 is 12.0 Å². The van der Waals surface area contributed by atoms with Crippen molar-refractivity contribution in [2.24, 2.45) is 4.99 Å². The van der Waals surface area contributed by atoms with Crippen LogP contribution in [0.4, 0.5) is 0 Å². The first-order valence-electron chi connectivity index (χ1n) is 10.8. The number of hydrogen-bond donors (Lipinski definition) is 1. The Labute approximate surface area is 204 Å². The summed E-state index contributed by atoms with van der Waals surface area (Å²) in [7, 11) is 0. The molecule has 176 valence electrons. The zero-order chi connectivity index (χ0) is 24.4. The first-order chi connectivity index (χ1) is 16.3. The maximum absolute atomic E-state index is 13.6. The number of aromatic nitrogens is 1. The van der Waals surface area contributed by atoms with Crippen molar-refractivity contribution in [1.82, 2.24) is 4.57 Å². The molecule has 0 bridgehead atoms. The Bertz CT molecular complexity index is 1470. The molecule has 2 aromatic carbocycles. The van der Waals surface area contributed by atoms with Crippen molar-refractivity contribution in [3.05, 3.63) is 89.6 Å². The average molecular weight is 499 g/mol. The number of benzene rings is 2. The molecular weight excluding hydrogens is 476 g/mol. The molecular formula is C25H23ClN2O5S. The highest BCUT2D eigenvalue weighted by atomic mass is 35.5. The lowest BCUT2D eigenvalue weighted by molar-refractivity contribution is -0.139. The summed E-state index contributed by atoms with van der Waals surface area (Å²) in [4.78, 5) is 31.5. The first-order valence-corrected chi connectivity index (χ1v) is 11.9. The molecule has 1 aliphatic heterocycles. The van der Waals surface area contributed by atoms with E-state index in [9.17, 15) is 14.7 Å². The molecule has 0 fully saturated rings. The number of hydrogen-bond acceptors (Lipinski definition) is 7. The molecule has 4 rings (SSSR count). The van der Waals surface area contributed by atoms with Gasteiger partial charge in [0.1, 0.15) is 6.04 Å². The van der Waals surface area contributed by atoms with E-state index in [0.29, 0.717) is 43.5 Å². The van der Waals surface area contributed by atoms with Gasteiger partial charge in [-0.2, -0.15) is 0 Å². The second-order valence-corrected chi connectivity index (χ2v) is 8.90. The molecule has 3 aromatic rings. The number of halogens is 1. The Kier molecular flexibility index (Phi) is 6.90. The molecule has 0 amide bonds. The average Bonchev–Trinajstić information content (AvgIpc) is 3.10. The largest absolute Gasteiger partial charge is 0.504 e. The van der Waals surface area contributed by atoms with Crippen molar-refractivity contribution in [2.45, 2.75) is 26.8 Å². The van der Waals surface area contributed by atoms with Crippen LogP contribution in [0.2, 0.25) is 5.02 Å². The number of fused-ring (bicyclic) bond motifs is 1. The maximum Gasteiger partial charge on any atom is 0.338 e. The fraction of sp³-hybridized carbons (Fsp3) is 0.240. The molecule has 1 N–H and O–H groups in total.